The number of carbonyl (C=O) groups is 1. The van der Waals surface area contributed by atoms with Gasteiger partial charge in [0.05, 0.1) is 12.4 Å². The molecule has 0 aromatic heterocycles. The Morgan fingerprint density at radius 3 is 2.44 bits per heavy atom. The highest BCUT2D eigenvalue weighted by atomic mass is 19.1. The summed E-state index contributed by atoms with van der Waals surface area (Å²) in [5, 5.41) is 0. The van der Waals surface area contributed by atoms with Crippen molar-refractivity contribution in [3.05, 3.63) is 12.4 Å². The molecule has 0 aromatic rings. The Kier molecular flexibility index (Phi) is 3.88. The predicted octanol–water partition coefficient (Wildman–Crippen LogP) is 0.778. The summed E-state index contributed by atoms with van der Waals surface area (Å²) < 4.78 is 11.8. The minimum Gasteiger partial charge on any atom is -0.324 e. The zero-order chi connectivity index (χ0) is 7.28. The van der Waals surface area contributed by atoms with Gasteiger partial charge in [-0.15, -0.1) is 0 Å². The molecule has 0 unspecified atom stereocenters. The monoisotopic (exact) mass is 131 g/mol. The topological polar surface area (TPSA) is 43.1 Å². The third-order valence-electron chi connectivity index (χ3n) is 0.903. The normalized spacial score (nSPS) is 9.11. The molecule has 2 N–H and O–H groups in total. The summed E-state index contributed by atoms with van der Waals surface area (Å²) in [7, 11) is 0. The van der Waals surface area contributed by atoms with Crippen molar-refractivity contribution in [2.45, 2.75) is 12.8 Å². The first kappa shape index (κ1) is 8.30. The van der Waals surface area contributed by atoms with Gasteiger partial charge < -0.3 is 5.73 Å². The van der Waals surface area contributed by atoms with Crippen LogP contribution < -0.4 is 5.73 Å². The van der Waals surface area contributed by atoms with E-state index >= 15 is 0 Å². The van der Waals surface area contributed by atoms with Crippen LogP contribution >= 0.6 is 0 Å². The molecular weight excluding hydrogens is 121 g/mol. The zero-order valence-electron chi connectivity index (χ0n) is 5.19. The molecule has 0 aliphatic rings. The van der Waals surface area contributed by atoms with Crippen LogP contribution in [-0.2, 0) is 4.79 Å². The summed E-state index contributed by atoms with van der Waals surface area (Å²) in [6, 6.07) is 0. The van der Waals surface area contributed by atoms with Gasteiger partial charge in [-0.25, -0.2) is 4.39 Å². The second-order valence-electron chi connectivity index (χ2n) is 1.76. The van der Waals surface area contributed by atoms with Gasteiger partial charge in [0.1, 0.15) is 5.78 Å². The molecule has 0 rings (SSSR count). The molecule has 2 nitrogen and oxygen atoms in total. The molecule has 0 heterocycles. The second-order valence-corrected chi connectivity index (χ2v) is 1.76. The highest BCUT2D eigenvalue weighted by Crippen LogP contribution is 2.02. The SMILES string of the molecule is C=C(F)CCC(=O)CN. The van der Waals surface area contributed by atoms with Crippen molar-refractivity contribution in [2.24, 2.45) is 5.73 Å². The molecule has 0 aromatic carbocycles. The molecule has 0 bridgehead atoms. The number of hydrogen-bond donors (Lipinski definition) is 1. The Morgan fingerprint density at radius 1 is 1.56 bits per heavy atom. The lowest BCUT2D eigenvalue weighted by molar-refractivity contribution is -0.117. The number of carbonyl (C=O) groups excluding carboxylic acids is 1. The third-order valence-corrected chi connectivity index (χ3v) is 0.903. The molecule has 0 aliphatic carbocycles. The van der Waals surface area contributed by atoms with E-state index in [-0.39, 0.29) is 25.2 Å². The Labute approximate surface area is 53.5 Å². The van der Waals surface area contributed by atoms with E-state index in [1.54, 1.807) is 0 Å². The molecule has 0 spiro atoms. The fourth-order valence-electron chi connectivity index (χ4n) is 0.377. The van der Waals surface area contributed by atoms with Gasteiger partial charge in [0.15, 0.2) is 0 Å². The number of Topliss-reactive ketones (excluding diaryl/α,β-unsaturated/α-hetero) is 1. The molecule has 3 heteroatoms. The second kappa shape index (κ2) is 4.21. The summed E-state index contributed by atoms with van der Waals surface area (Å²) >= 11 is 0. The van der Waals surface area contributed by atoms with Crippen LogP contribution in [0.3, 0.4) is 0 Å². The maximum absolute atomic E-state index is 11.8. The average molecular weight is 131 g/mol. The van der Waals surface area contributed by atoms with Crippen molar-refractivity contribution < 1.29 is 9.18 Å². The summed E-state index contributed by atoms with van der Waals surface area (Å²) in [5.74, 6) is -0.592. The van der Waals surface area contributed by atoms with Gasteiger partial charge >= 0.3 is 0 Å². The van der Waals surface area contributed by atoms with Crippen molar-refractivity contribution in [3.8, 4) is 0 Å². The number of nitrogens with two attached hydrogens (primary N) is 1. The van der Waals surface area contributed by atoms with Crippen LogP contribution in [0, 0.1) is 0 Å². The number of halogens is 1. The van der Waals surface area contributed by atoms with Gasteiger partial charge in [-0.05, 0) is 0 Å². The van der Waals surface area contributed by atoms with Gasteiger partial charge in [0.2, 0.25) is 0 Å². The van der Waals surface area contributed by atoms with Crippen molar-refractivity contribution >= 4 is 5.78 Å². The van der Waals surface area contributed by atoms with E-state index < -0.39 is 5.83 Å². The molecule has 0 aliphatic heterocycles. The van der Waals surface area contributed by atoms with E-state index in [1.165, 1.54) is 0 Å². The van der Waals surface area contributed by atoms with Crippen molar-refractivity contribution in [1.29, 1.82) is 0 Å². The molecule has 0 atom stereocenters. The molecule has 0 saturated heterocycles. The molecular formula is C6H10FNO. The highest BCUT2D eigenvalue weighted by Gasteiger charge is 1.98. The fraction of sp³-hybridized carbons (Fsp3) is 0.500. The van der Waals surface area contributed by atoms with Crippen LogP contribution in [0.5, 0.6) is 0 Å². The average Bonchev–Trinajstić information content (AvgIpc) is 1.83. The summed E-state index contributed by atoms with van der Waals surface area (Å²) in [5.41, 5.74) is 4.96. The maximum Gasteiger partial charge on any atom is 0.146 e. The molecule has 0 fully saturated rings. The van der Waals surface area contributed by atoms with E-state index in [1.807, 2.05) is 0 Å². The highest BCUT2D eigenvalue weighted by molar-refractivity contribution is 5.80. The molecule has 0 saturated carbocycles. The van der Waals surface area contributed by atoms with Crippen LogP contribution in [0.15, 0.2) is 12.4 Å². The van der Waals surface area contributed by atoms with Crippen LogP contribution in [0.4, 0.5) is 4.39 Å². The van der Waals surface area contributed by atoms with E-state index in [0.29, 0.717) is 0 Å². The lowest BCUT2D eigenvalue weighted by Gasteiger charge is -1.92. The Bertz CT molecular complexity index is 122. The van der Waals surface area contributed by atoms with Gasteiger partial charge in [-0.1, -0.05) is 6.58 Å². The zero-order valence-corrected chi connectivity index (χ0v) is 5.19. The van der Waals surface area contributed by atoms with Crippen LogP contribution in [0.2, 0.25) is 0 Å². The van der Waals surface area contributed by atoms with Crippen LogP contribution in [0.1, 0.15) is 12.8 Å². The summed E-state index contributed by atoms with van der Waals surface area (Å²) in [6.45, 7) is 3.00. The molecule has 9 heavy (non-hydrogen) atoms. The van der Waals surface area contributed by atoms with E-state index in [2.05, 4.69) is 6.58 Å². The van der Waals surface area contributed by atoms with Crippen molar-refractivity contribution in [2.75, 3.05) is 6.54 Å². The first-order valence-electron chi connectivity index (χ1n) is 2.72. The quantitative estimate of drug-likeness (QED) is 0.612. The van der Waals surface area contributed by atoms with Gasteiger partial charge in [-0.3, -0.25) is 4.79 Å². The standard InChI is InChI=1S/C6H10FNO/c1-5(7)2-3-6(9)4-8/h1-4,8H2. The number of allylic oxidation sites excluding steroid dienone is 1. The maximum atomic E-state index is 11.8. The van der Waals surface area contributed by atoms with E-state index in [9.17, 15) is 9.18 Å². The lowest BCUT2D eigenvalue weighted by atomic mass is 10.2. The molecule has 0 amide bonds. The Hall–Kier alpha value is -0.700. The largest absolute Gasteiger partial charge is 0.324 e. The Balaban J connectivity index is 3.28. The van der Waals surface area contributed by atoms with E-state index in [4.69, 9.17) is 5.73 Å². The third kappa shape index (κ3) is 5.17. The van der Waals surface area contributed by atoms with Crippen LogP contribution in [-0.4, -0.2) is 12.3 Å². The predicted molar refractivity (Wildman–Crippen MR) is 33.5 cm³/mol. The smallest absolute Gasteiger partial charge is 0.146 e. The van der Waals surface area contributed by atoms with Crippen molar-refractivity contribution in [1.82, 2.24) is 0 Å². The first-order valence-corrected chi connectivity index (χ1v) is 2.72. The van der Waals surface area contributed by atoms with Gasteiger partial charge in [0.25, 0.3) is 0 Å². The number of ketones is 1. The van der Waals surface area contributed by atoms with Crippen LogP contribution in [0.25, 0.3) is 0 Å². The molecule has 0 radical (unpaired) electrons. The van der Waals surface area contributed by atoms with Gasteiger partial charge in [-0.2, -0.15) is 0 Å². The van der Waals surface area contributed by atoms with E-state index in [0.717, 1.165) is 0 Å². The summed E-state index contributed by atoms with van der Waals surface area (Å²) in [6.07, 6.45) is 0.280. The minimum atomic E-state index is -0.461. The lowest BCUT2D eigenvalue weighted by Crippen LogP contribution is -2.12. The number of hydrogen-bond acceptors (Lipinski definition) is 2. The molecule has 52 valence electrons. The van der Waals surface area contributed by atoms with Gasteiger partial charge in [0, 0.05) is 12.8 Å². The Morgan fingerprint density at radius 2 is 2.11 bits per heavy atom. The minimum absolute atomic E-state index is 0.00667. The van der Waals surface area contributed by atoms with Crippen molar-refractivity contribution in [3.63, 3.8) is 0 Å². The fourth-order valence-corrected chi connectivity index (χ4v) is 0.377. The number of rotatable bonds is 4. The first-order chi connectivity index (χ1) is 4.16. The summed E-state index contributed by atoms with van der Waals surface area (Å²) in [4.78, 5) is 10.4.